The maximum Gasteiger partial charge on any atom is 0.437 e. The quantitative estimate of drug-likeness (QED) is 0.577. The Morgan fingerprint density at radius 2 is 2.06 bits per heavy atom. The van der Waals surface area contributed by atoms with Gasteiger partial charge in [-0.15, -0.1) is 0 Å². The zero-order valence-electron chi connectivity index (χ0n) is 17.0. The summed E-state index contributed by atoms with van der Waals surface area (Å²) in [6, 6.07) is 5.35. The van der Waals surface area contributed by atoms with Gasteiger partial charge < -0.3 is 20.2 Å². The van der Waals surface area contributed by atoms with Crippen LogP contribution in [0.1, 0.15) is 31.7 Å². The van der Waals surface area contributed by atoms with Crippen LogP contribution in [0, 0.1) is 22.5 Å². The van der Waals surface area contributed by atoms with E-state index < -0.39 is 12.6 Å². The molecule has 1 saturated heterocycles. The van der Waals surface area contributed by atoms with Gasteiger partial charge in [-0.2, -0.15) is 13.2 Å². The molecule has 4 aliphatic rings. The number of fused-ring (bicyclic) bond motifs is 1. The summed E-state index contributed by atoms with van der Waals surface area (Å²) in [6.45, 7) is 2.76. The third kappa shape index (κ3) is 3.51. The minimum absolute atomic E-state index is 0.0683. The number of amides is 2. The smallest absolute Gasteiger partial charge is 0.437 e. The standard InChI is InChI=1S/C21H23F3N4O3/c1-2-31-19-26-17(28(19)30)15-9-20-8-13(20)11-27(16(15)10-20)18(29)25-14-5-3-12(4-6-14)7-21(22,23)24/h3-6,13,15-16H,2,7-11H2,1H3,(H,25,29). The Morgan fingerprint density at radius 3 is 2.71 bits per heavy atom. The monoisotopic (exact) mass is 436 g/mol. The third-order valence-electron chi connectivity index (χ3n) is 6.95. The second-order valence-corrected chi connectivity index (χ2v) is 8.90. The van der Waals surface area contributed by atoms with Crippen LogP contribution in [0.3, 0.4) is 0 Å². The molecule has 31 heavy (non-hydrogen) atoms. The van der Waals surface area contributed by atoms with Crippen LogP contribution < -0.4 is 5.32 Å². The molecule has 5 rings (SSSR count). The predicted octanol–water partition coefficient (Wildman–Crippen LogP) is 3.74. The van der Waals surface area contributed by atoms with Crippen molar-refractivity contribution in [3.63, 3.8) is 0 Å². The Labute approximate surface area is 177 Å². The topological polar surface area (TPSA) is 80.0 Å². The number of alkyl halides is 3. The summed E-state index contributed by atoms with van der Waals surface area (Å²) in [5.74, 6) is 0.714. The molecule has 7 nitrogen and oxygen atoms in total. The maximum absolute atomic E-state index is 13.0. The lowest BCUT2D eigenvalue weighted by Crippen LogP contribution is -2.51. The fourth-order valence-electron chi connectivity index (χ4n) is 5.43. The number of amidine groups is 2. The van der Waals surface area contributed by atoms with Gasteiger partial charge in [0, 0.05) is 18.3 Å². The lowest BCUT2D eigenvalue weighted by atomic mass is 9.98. The van der Waals surface area contributed by atoms with Crippen molar-refractivity contribution >= 4 is 23.6 Å². The summed E-state index contributed by atoms with van der Waals surface area (Å²) in [4.78, 5) is 19.1. The molecule has 10 heteroatoms. The van der Waals surface area contributed by atoms with Gasteiger partial charge in [0.2, 0.25) is 0 Å². The first-order valence-electron chi connectivity index (χ1n) is 10.5. The highest BCUT2D eigenvalue weighted by molar-refractivity contribution is 6.00. The van der Waals surface area contributed by atoms with Crippen molar-refractivity contribution in [1.29, 1.82) is 0 Å². The number of aliphatic imine (C=N–C) groups is 1. The molecule has 1 spiro atoms. The number of urea groups is 1. The minimum Gasteiger partial charge on any atom is -0.738 e. The molecule has 2 aliphatic heterocycles. The molecule has 4 unspecified atom stereocenters. The van der Waals surface area contributed by atoms with Crippen molar-refractivity contribution < 1.29 is 27.4 Å². The predicted molar refractivity (Wildman–Crippen MR) is 107 cm³/mol. The highest BCUT2D eigenvalue weighted by Gasteiger charge is 2.68. The number of benzene rings is 1. The van der Waals surface area contributed by atoms with Crippen LogP contribution in [0.5, 0.6) is 0 Å². The number of piperidine rings is 1. The summed E-state index contributed by atoms with van der Waals surface area (Å²) in [7, 11) is 0. The van der Waals surface area contributed by atoms with Crippen LogP contribution in [0.25, 0.3) is 0 Å². The van der Waals surface area contributed by atoms with Crippen molar-refractivity contribution in [2.24, 2.45) is 22.2 Å². The molecule has 2 aliphatic carbocycles. The van der Waals surface area contributed by atoms with Gasteiger partial charge in [-0.3, -0.25) is 0 Å². The van der Waals surface area contributed by atoms with Crippen LogP contribution in [0.4, 0.5) is 23.7 Å². The van der Waals surface area contributed by atoms with Gasteiger partial charge in [0.05, 0.1) is 18.9 Å². The Hall–Kier alpha value is -2.78. The molecule has 166 valence electrons. The number of carbonyl (C=O) groups is 1. The Morgan fingerprint density at radius 1 is 1.32 bits per heavy atom. The molecule has 4 atom stereocenters. The number of carbonyl (C=O) groups excluding carboxylic acids is 1. The number of halogens is 3. The van der Waals surface area contributed by atoms with Crippen molar-refractivity contribution in [3.8, 4) is 0 Å². The van der Waals surface area contributed by atoms with Gasteiger partial charge in [-0.1, -0.05) is 12.1 Å². The van der Waals surface area contributed by atoms with Crippen LogP contribution >= 0.6 is 0 Å². The van der Waals surface area contributed by atoms with Gasteiger partial charge in [0.25, 0.3) is 5.84 Å². The average Bonchev–Trinajstić information content (AvgIpc) is 3.31. The van der Waals surface area contributed by atoms with Crippen molar-refractivity contribution in [2.45, 2.75) is 44.8 Å². The number of hydrogen-bond donors (Lipinski definition) is 1. The van der Waals surface area contributed by atoms with Gasteiger partial charge in [0.15, 0.2) is 0 Å². The zero-order valence-corrected chi connectivity index (χ0v) is 17.0. The first kappa shape index (κ1) is 20.1. The van der Waals surface area contributed by atoms with Crippen molar-refractivity contribution in [1.82, 2.24) is 4.90 Å². The number of ether oxygens (including phenoxy) is 1. The largest absolute Gasteiger partial charge is 0.738 e. The molecule has 2 saturated carbocycles. The molecule has 2 bridgehead atoms. The normalized spacial score (nSPS) is 31.0. The average molecular weight is 436 g/mol. The third-order valence-corrected chi connectivity index (χ3v) is 6.95. The van der Waals surface area contributed by atoms with E-state index in [4.69, 9.17) is 4.74 Å². The van der Waals surface area contributed by atoms with E-state index in [0.29, 0.717) is 30.6 Å². The molecule has 1 aromatic rings. The Kier molecular flexibility index (Phi) is 4.46. The van der Waals surface area contributed by atoms with Gasteiger partial charge in [-0.05, 0) is 60.2 Å². The van der Waals surface area contributed by atoms with E-state index >= 15 is 0 Å². The van der Waals surface area contributed by atoms with Crippen molar-refractivity contribution in [3.05, 3.63) is 35.0 Å². The Bertz CT molecular complexity index is 975. The lowest BCUT2D eigenvalue weighted by Gasteiger charge is -2.35. The highest BCUT2D eigenvalue weighted by Crippen LogP contribution is 2.68. The molecule has 2 heterocycles. The number of hydrogen-bond acceptors (Lipinski definition) is 4. The van der Waals surface area contributed by atoms with Crippen molar-refractivity contribution in [2.75, 3.05) is 18.5 Å². The molecular weight excluding hydrogens is 413 g/mol. The minimum atomic E-state index is -4.27. The zero-order chi connectivity index (χ0) is 22.0. The highest BCUT2D eigenvalue weighted by atomic mass is 19.4. The lowest BCUT2D eigenvalue weighted by molar-refractivity contribution is -0.370. The number of rotatable bonds is 4. The number of nitrogens with zero attached hydrogens (tertiary/aromatic N) is 3. The van der Waals surface area contributed by atoms with Gasteiger partial charge >= 0.3 is 18.2 Å². The number of nitrogens with one attached hydrogen (secondary N) is 1. The van der Waals surface area contributed by atoms with E-state index in [2.05, 4.69) is 10.3 Å². The van der Waals surface area contributed by atoms with E-state index in [-0.39, 0.29) is 35.0 Å². The summed E-state index contributed by atoms with van der Waals surface area (Å²) >= 11 is 0. The molecule has 1 N–H and O–H groups in total. The fraction of sp³-hybridized carbons (Fsp3) is 0.571. The molecule has 0 aromatic heterocycles. The SMILES string of the molecule is CCOC1=NC(C2CC34CC2N(C(=O)Nc2ccc(CC(F)(F)F)cc2)CC3C4)=[N+]1[O-]. The second kappa shape index (κ2) is 6.86. The summed E-state index contributed by atoms with van der Waals surface area (Å²) in [5.41, 5.74) is 0.786. The van der Waals surface area contributed by atoms with Crippen LogP contribution in [0.2, 0.25) is 0 Å². The fourth-order valence-corrected chi connectivity index (χ4v) is 5.43. The van der Waals surface area contributed by atoms with Crippen LogP contribution in [-0.4, -0.2) is 52.9 Å². The van der Waals surface area contributed by atoms with E-state index in [1.807, 2.05) is 0 Å². The summed E-state index contributed by atoms with van der Waals surface area (Å²) in [5, 5.41) is 15.2. The van der Waals surface area contributed by atoms with E-state index in [9.17, 15) is 23.2 Å². The molecule has 1 aromatic carbocycles. The van der Waals surface area contributed by atoms with Gasteiger partial charge in [-0.25, -0.2) is 9.53 Å². The first-order chi connectivity index (χ1) is 14.7. The molecular formula is C21H23F3N4O3. The molecule has 3 fully saturated rings. The van der Waals surface area contributed by atoms with E-state index in [1.165, 1.54) is 24.3 Å². The van der Waals surface area contributed by atoms with E-state index in [0.717, 1.165) is 24.0 Å². The number of anilines is 1. The number of likely N-dealkylation sites (tertiary alicyclic amines) is 1. The second-order valence-electron chi connectivity index (χ2n) is 8.90. The molecule has 2 amide bonds. The van der Waals surface area contributed by atoms with Crippen LogP contribution in [0.15, 0.2) is 29.3 Å². The summed E-state index contributed by atoms with van der Waals surface area (Å²) in [6.07, 6.45) is -2.54. The van der Waals surface area contributed by atoms with E-state index in [1.54, 1.807) is 11.8 Å². The maximum atomic E-state index is 13.0. The Balaban J connectivity index is 1.29. The molecule has 0 radical (unpaired) electrons. The number of hydroxylamine groups is 1. The van der Waals surface area contributed by atoms with Crippen LogP contribution in [-0.2, 0) is 11.2 Å². The summed E-state index contributed by atoms with van der Waals surface area (Å²) < 4.78 is 43.5. The first-order valence-corrected chi connectivity index (χ1v) is 10.5. The van der Waals surface area contributed by atoms with Gasteiger partial charge in [0.1, 0.15) is 0 Å².